The van der Waals surface area contributed by atoms with Crippen molar-refractivity contribution in [1.29, 1.82) is 0 Å². The molecule has 0 aliphatic heterocycles. The van der Waals surface area contributed by atoms with Crippen LogP contribution in [0.5, 0.6) is 0 Å². The first-order chi connectivity index (χ1) is 7.71. The fraction of sp³-hybridized carbons (Fsp3) is 0.636. The molecule has 17 heavy (non-hydrogen) atoms. The third-order valence-electron chi connectivity index (χ3n) is 2.46. The number of nitrogens with zero attached hydrogens (tertiary/aromatic N) is 1. The molecule has 0 spiro atoms. The van der Waals surface area contributed by atoms with Crippen molar-refractivity contribution >= 4 is 29.7 Å². The molecule has 1 rings (SSSR count). The van der Waals surface area contributed by atoms with Gasteiger partial charge in [0, 0.05) is 17.8 Å². The monoisotopic (exact) mass is 277 g/mol. The molecule has 0 atom stereocenters. The standard InChI is InChI=1S/C11H19N3OS.ClH/c1-3-8(4-2)13-11(15)9-7-16-10(14-9)5-6-12;/h7-8H,3-6,12H2,1-2H3,(H,13,15);1H. The summed E-state index contributed by atoms with van der Waals surface area (Å²) >= 11 is 1.49. The molecule has 0 aliphatic rings. The van der Waals surface area contributed by atoms with E-state index >= 15 is 0 Å². The summed E-state index contributed by atoms with van der Waals surface area (Å²) in [6.45, 7) is 4.70. The lowest BCUT2D eigenvalue weighted by Gasteiger charge is -2.13. The lowest BCUT2D eigenvalue weighted by molar-refractivity contribution is 0.0930. The lowest BCUT2D eigenvalue weighted by atomic mass is 10.2. The highest BCUT2D eigenvalue weighted by molar-refractivity contribution is 7.09. The summed E-state index contributed by atoms with van der Waals surface area (Å²) in [5.41, 5.74) is 5.95. The van der Waals surface area contributed by atoms with Gasteiger partial charge in [0.2, 0.25) is 0 Å². The predicted molar refractivity (Wildman–Crippen MR) is 74.0 cm³/mol. The van der Waals surface area contributed by atoms with Gasteiger partial charge < -0.3 is 11.1 Å². The van der Waals surface area contributed by atoms with Crippen molar-refractivity contribution in [3.8, 4) is 0 Å². The maximum Gasteiger partial charge on any atom is 0.270 e. The van der Waals surface area contributed by atoms with Crippen LogP contribution in [0.15, 0.2) is 5.38 Å². The van der Waals surface area contributed by atoms with E-state index < -0.39 is 0 Å². The quantitative estimate of drug-likeness (QED) is 0.835. The highest BCUT2D eigenvalue weighted by Gasteiger charge is 2.13. The first-order valence-electron chi connectivity index (χ1n) is 5.66. The van der Waals surface area contributed by atoms with Gasteiger partial charge in [0.25, 0.3) is 5.91 Å². The summed E-state index contributed by atoms with van der Waals surface area (Å²) in [6, 6.07) is 0.243. The van der Waals surface area contributed by atoms with E-state index in [4.69, 9.17) is 5.73 Å². The van der Waals surface area contributed by atoms with E-state index in [1.165, 1.54) is 11.3 Å². The molecule has 3 N–H and O–H groups in total. The van der Waals surface area contributed by atoms with Gasteiger partial charge in [-0.15, -0.1) is 23.7 Å². The van der Waals surface area contributed by atoms with E-state index in [9.17, 15) is 4.79 Å². The van der Waals surface area contributed by atoms with Gasteiger partial charge in [0.1, 0.15) is 5.69 Å². The molecule has 0 unspecified atom stereocenters. The van der Waals surface area contributed by atoms with Crippen LogP contribution >= 0.6 is 23.7 Å². The Morgan fingerprint density at radius 1 is 1.53 bits per heavy atom. The van der Waals surface area contributed by atoms with Crippen LogP contribution < -0.4 is 11.1 Å². The molecule has 0 aromatic carbocycles. The number of hydrogen-bond acceptors (Lipinski definition) is 4. The zero-order valence-electron chi connectivity index (χ0n) is 10.2. The summed E-state index contributed by atoms with van der Waals surface area (Å²) in [4.78, 5) is 16.0. The second kappa shape index (κ2) is 8.44. The van der Waals surface area contributed by atoms with E-state index in [1.807, 2.05) is 0 Å². The summed E-state index contributed by atoms with van der Waals surface area (Å²) < 4.78 is 0. The van der Waals surface area contributed by atoms with E-state index in [2.05, 4.69) is 24.1 Å². The molecule has 0 fully saturated rings. The van der Waals surface area contributed by atoms with Crippen molar-refractivity contribution in [3.05, 3.63) is 16.1 Å². The number of nitrogens with one attached hydrogen (secondary N) is 1. The number of nitrogens with two attached hydrogens (primary N) is 1. The average Bonchev–Trinajstić information content (AvgIpc) is 2.74. The first kappa shape index (κ1) is 16.4. The SMILES string of the molecule is CCC(CC)NC(=O)c1csc(CCN)n1.Cl. The van der Waals surface area contributed by atoms with Crippen LogP contribution in [0.25, 0.3) is 0 Å². The van der Waals surface area contributed by atoms with Crippen LogP contribution in [0, 0.1) is 0 Å². The Morgan fingerprint density at radius 2 is 2.18 bits per heavy atom. The van der Waals surface area contributed by atoms with Crippen molar-refractivity contribution in [2.75, 3.05) is 6.54 Å². The molecule has 1 heterocycles. The summed E-state index contributed by atoms with van der Waals surface area (Å²) in [5.74, 6) is -0.0757. The minimum atomic E-state index is -0.0757. The van der Waals surface area contributed by atoms with Gasteiger partial charge >= 0.3 is 0 Å². The fourth-order valence-electron chi connectivity index (χ4n) is 1.41. The van der Waals surface area contributed by atoms with Gasteiger partial charge in [-0.2, -0.15) is 0 Å². The molecule has 0 saturated heterocycles. The number of carbonyl (C=O) groups excluding carboxylic acids is 1. The number of thiazole rings is 1. The summed E-state index contributed by atoms with van der Waals surface area (Å²) in [7, 11) is 0. The Morgan fingerprint density at radius 3 is 2.71 bits per heavy atom. The Labute approximate surface area is 112 Å². The third kappa shape index (κ3) is 5.02. The topological polar surface area (TPSA) is 68.0 Å². The maximum atomic E-state index is 11.8. The number of rotatable bonds is 6. The Hall–Kier alpha value is -0.650. The van der Waals surface area contributed by atoms with Crippen molar-refractivity contribution < 1.29 is 4.79 Å². The van der Waals surface area contributed by atoms with Gasteiger partial charge in [-0.1, -0.05) is 13.8 Å². The first-order valence-corrected chi connectivity index (χ1v) is 6.54. The van der Waals surface area contributed by atoms with Crippen LogP contribution in [0.4, 0.5) is 0 Å². The maximum absolute atomic E-state index is 11.8. The van der Waals surface area contributed by atoms with Crippen molar-refractivity contribution in [3.63, 3.8) is 0 Å². The van der Waals surface area contributed by atoms with E-state index in [0.29, 0.717) is 12.2 Å². The second-order valence-corrected chi connectivity index (χ2v) is 4.59. The normalized spacial score (nSPS) is 10.1. The van der Waals surface area contributed by atoms with Crippen LogP contribution in [0.2, 0.25) is 0 Å². The van der Waals surface area contributed by atoms with Gasteiger partial charge in [-0.05, 0) is 19.4 Å². The fourth-order valence-corrected chi connectivity index (χ4v) is 2.20. The largest absolute Gasteiger partial charge is 0.348 e. The lowest BCUT2D eigenvalue weighted by Crippen LogP contribution is -2.34. The van der Waals surface area contributed by atoms with E-state index in [-0.39, 0.29) is 24.4 Å². The molecule has 0 bridgehead atoms. The number of hydrogen-bond donors (Lipinski definition) is 2. The third-order valence-corrected chi connectivity index (χ3v) is 3.37. The molecule has 1 aromatic rings. The molecule has 98 valence electrons. The molecular weight excluding hydrogens is 258 g/mol. The smallest absolute Gasteiger partial charge is 0.270 e. The summed E-state index contributed by atoms with van der Waals surface area (Å²) in [6.07, 6.45) is 2.63. The molecule has 6 heteroatoms. The van der Waals surface area contributed by atoms with Crippen LogP contribution in [-0.4, -0.2) is 23.5 Å². The van der Waals surface area contributed by atoms with Crippen molar-refractivity contribution in [2.45, 2.75) is 39.2 Å². The molecule has 0 saturated carbocycles. The van der Waals surface area contributed by atoms with E-state index in [1.54, 1.807) is 5.38 Å². The number of carbonyl (C=O) groups is 1. The molecule has 4 nitrogen and oxygen atoms in total. The zero-order chi connectivity index (χ0) is 12.0. The Kier molecular flexibility index (Phi) is 8.12. The molecule has 1 amide bonds. The van der Waals surface area contributed by atoms with Gasteiger partial charge in [-0.3, -0.25) is 4.79 Å². The average molecular weight is 278 g/mol. The Balaban J connectivity index is 0.00000256. The van der Waals surface area contributed by atoms with Crippen molar-refractivity contribution in [2.24, 2.45) is 5.73 Å². The minimum absolute atomic E-state index is 0. The van der Waals surface area contributed by atoms with Gasteiger partial charge in [-0.25, -0.2) is 4.98 Å². The van der Waals surface area contributed by atoms with Gasteiger partial charge in [0.05, 0.1) is 5.01 Å². The van der Waals surface area contributed by atoms with Crippen LogP contribution in [0.1, 0.15) is 42.2 Å². The number of aromatic nitrogens is 1. The highest BCUT2D eigenvalue weighted by atomic mass is 35.5. The molecule has 0 aliphatic carbocycles. The van der Waals surface area contributed by atoms with Gasteiger partial charge in [0.15, 0.2) is 0 Å². The van der Waals surface area contributed by atoms with Crippen LogP contribution in [0.3, 0.4) is 0 Å². The van der Waals surface area contributed by atoms with E-state index in [0.717, 1.165) is 24.3 Å². The predicted octanol–water partition coefficient (Wildman–Crippen LogP) is 1.98. The highest BCUT2D eigenvalue weighted by Crippen LogP contribution is 2.10. The molecular formula is C11H20ClN3OS. The van der Waals surface area contributed by atoms with Crippen LogP contribution in [-0.2, 0) is 6.42 Å². The number of halogens is 1. The summed E-state index contributed by atoms with van der Waals surface area (Å²) in [5, 5.41) is 5.68. The van der Waals surface area contributed by atoms with Crippen molar-refractivity contribution in [1.82, 2.24) is 10.3 Å². The number of amides is 1. The molecule has 0 radical (unpaired) electrons. The Bertz CT molecular complexity index is 339. The second-order valence-electron chi connectivity index (χ2n) is 3.65. The zero-order valence-corrected chi connectivity index (χ0v) is 11.9. The molecule has 1 aromatic heterocycles. The minimum Gasteiger partial charge on any atom is -0.348 e.